The number of nitrogens with one attached hydrogen (secondary N) is 1. The van der Waals surface area contributed by atoms with Gasteiger partial charge in [0, 0.05) is 10.8 Å². The van der Waals surface area contributed by atoms with Crippen molar-refractivity contribution in [1.29, 1.82) is 0 Å². The number of ether oxygens (including phenoxy) is 1. The molecule has 0 aromatic heterocycles. The Hall–Kier alpha value is -4.89. The molecule has 2 amide bonds. The minimum atomic E-state index is -4.02. The summed E-state index contributed by atoms with van der Waals surface area (Å²) >= 11 is 0. The van der Waals surface area contributed by atoms with Gasteiger partial charge in [-0.05, 0) is 28.8 Å². The van der Waals surface area contributed by atoms with Gasteiger partial charge in [-0.3, -0.25) is 14.5 Å². The number of rotatable bonds is 11. The van der Waals surface area contributed by atoms with E-state index in [4.69, 9.17) is 4.74 Å². The molecule has 0 saturated carbocycles. The number of benzene rings is 4. The van der Waals surface area contributed by atoms with E-state index in [1.165, 1.54) is 12.1 Å². The summed E-state index contributed by atoms with van der Waals surface area (Å²) in [6.45, 7) is 3.60. The Morgan fingerprint density at radius 3 is 1.86 bits per heavy atom. The van der Waals surface area contributed by atoms with Crippen LogP contribution >= 0.6 is 10.8 Å². The highest BCUT2D eigenvalue weighted by Crippen LogP contribution is 2.40. The highest BCUT2D eigenvalue weighted by molar-refractivity contribution is 8.72. The summed E-state index contributed by atoms with van der Waals surface area (Å²) < 4.78 is 32.7. The first kappa shape index (κ1) is 30.6. The second-order valence-electron chi connectivity index (χ2n) is 9.80. The summed E-state index contributed by atoms with van der Waals surface area (Å²) in [7, 11) is -3.57. The second-order valence-corrected chi connectivity index (χ2v) is 13.8. The van der Waals surface area contributed by atoms with Gasteiger partial charge in [-0.25, -0.2) is 13.2 Å². The van der Waals surface area contributed by atoms with Crippen LogP contribution in [0.4, 0.5) is 0 Å². The lowest BCUT2D eigenvalue weighted by Gasteiger charge is -2.45. The lowest BCUT2D eigenvalue weighted by molar-refractivity contribution is -0.154. The first-order chi connectivity index (χ1) is 21.3. The van der Waals surface area contributed by atoms with Crippen molar-refractivity contribution >= 4 is 37.4 Å². The molecule has 2 atom stereocenters. The predicted molar refractivity (Wildman–Crippen MR) is 167 cm³/mol. The number of carbonyl (C=O) groups is 3. The van der Waals surface area contributed by atoms with E-state index in [-0.39, 0.29) is 17.0 Å². The molecular formula is C34H28N2O6S2. The van der Waals surface area contributed by atoms with Crippen molar-refractivity contribution in [1.82, 2.24) is 10.2 Å². The van der Waals surface area contributed by atoms with Crippen molar-refractivity contribution in [2.24, 2.45) is 0 Å². The maximum atomic E-state index is 13.7. The molecule has 0 spiro atoms. The van der Waals surface area contributed by atoms with Gasteiger partial charge in [0.1, 0.15) is 11.4 Å². The lowest BCUT2D eigenvalue weighted by atomic mass is 10.0. The Balaban J connectivity index is 1.43. The third kappa shape index (κ3) is 6.84. The smallest absolute Gasteiger partial charge is 0.364 e. The van der Waals surface area contributed by atoms with E-state index < -0.39 is 44.2 Å². The van der Waals surface area contributed by atoms with Crippen LogP contribution < -0.4 is 5.32 Å². The Morgan fingerprint density at radius 2 is 1.34 bits per heavy atom. The average Bonchev–Trinajstić information content (AvgIpc) is 3.06. The maximum absolute atomic E-state index is 13.7. The van der Waals surface area contributed by atoms with Crippen molar-refractivity contribution in [3.05, 3.63) is 156 Å². The molecule has 10 heteroatoms. The maximum Gasteiger partial charge on any atom is 0.364 e. The van der Waals surface area contributed by atoms with E-state index in [0.29, 0.717) is 21.9 Å². The molecule has 1 aliphatic rings. The van der Waals surface area contributed by atoms with Gasteiger partial charge in [-0.1, -0.05) is 122 Å². The Morgan fingerprint density at radius 1 is 0.841 bits per heavy atom. The molecule has 0 aliphatic carbocycles. The minimum absolute atomic E-state index is 0.0126. The van der Waals surface area contributed by atoms with E-state index in [9.17, 15) is 22.8 Å². The molecular weight excluding hydrogens is 597 g/mol. The monoisotopic (exact) mass is 624 g/mol. The minimum Gasteiger partial charge on any atom is -0.447 e. The van der Waals surface area contributed by atoms with Crippen LogP contribution in [0.2, 0.25) is 0 Å². The molecule has 1 N–H and O–H groups in total. The number of carbonyl (C=O) groups excluding carboxylic acids is 3. The SMILES string of the molecule is C=C=C(C(=O)OC(c1ccccc1)c1ccccc1)N1C(=O)C(NC(=O)Cc2ccccc2)C1SS(=O)(=O)c1ccccc1. The summed E-state index contributed by atoms with van der Waals surface area (Å²) in [6.07, 6.45) is -0.847. The third-order valence-electron chi connectivity index (χ3n) is 6.86. The third-order valence-corrected chi connectivity index (χ3v) is 10.6. The zero-order valence-corrected chi connectivity index (χ0v) is 25.0. The summed E-state index contributed by atoms with van der Waals surface area (Å²) in [5, 5.41) is 1.45. The lowest BCUT2D eigenvalue weighted by Crippen LogP contribution is -2.69. The number of amides is 2. The van der Waals surface area contributed by atoms with E-state index in [1.54, 1.807) is 66.7 Å². The summed E-state index contributed by atoms with van der Waals surface area (Å²) in [6, 6.07) is 33.5. The van der Waals surface area contributed by atoms with Crippen LogP contribution in [0.1, 0.15) is 22.8 Å². The Kier molecular flexibility index (Phi) is 9.45. The largest absolute Gasteiger partial charge is 0.447 e. The predicted octanol–water partition coefficient (Wildman–Crippen LogP) is 5.01. The Bertz CT molecular complexity index is 1750. The first-order valence-corrected chi connectivity index (χ1v) is 16.5. The number of likely N-dealkylation sites (tertiary alicyclic amines) is 1. The highest BCUT2D eigenvalue weighted by Gasteiger charge is 2.54. The van der Waals surface area contributed by atoms with Crippen LogP contribution in [0.25, 0.3) is 0 Å². The van der Waals surface area contributed by atoms with E-state index in [1.807, 2.05) is 42.5 Å². The fourth-order valence-electron chi connectivity index (χ4n) is 4.71. The van der Waals surface area contributed by atoms with E-state index in [2.05, 4.69) is 17.6 Å². The number of hydrogen-bond donors (Lipinski definition) is 1. The van der Waals surface area contributed by atoms with Gasteiger partial charge in [-0.2, -0.15) is 0 Å². The molecule has 2 unspecified atom stereocenters. The molecule has 8 nitrogen and oxygen atoms in total. The standard InChI is InChI=1S/C34H28N2O6S2/c1-2-28(34(39)42-31(25-17-9-4-10-18-25)26-19-11-5-12-20-26)36-32(38)30(35-29(37)23-24-15-7-3-8-16-24)33(36)43-44(40,41)27-21-13-6-14-22-27/h3-22,30-31,33H,1,23H2,(H,35,37). The molecule has 222 valence electrons. The number of β-lactam (4-membered cyclic amide) rings is 1. The fraction of sp³-hybridized carbons (Fsp3) is 0.118. The van der Waals surface area contributed by atoms with Gasteiger partial charge in [-0.15, -0.1) is 0 Å². The molecule has 1 heterocycles. The average molecular weight is 625 g/mol. The highest BCUT2D eigenvalue weighted by atomic mass is 33.1. The van der Waals surface area contributed by atoms with Crippen LogP contribution in [0.15, 0.2) is 144 Å². The molecule has 1 saturated heterocycles. The van der Waals surface area contributed by atoms with Crippen molar-refractivity contribution in [3.8, 4) is 0 Å². The molecule has 0 bridgehead atoms. The fourth-order valence-corrected chi connectivity index (χ4v) is 8.20. The van der Waals surface area contributed by atoms with E-state index in [0.717, 1.165) is 10.5 Å². The van der Waals surface area contributed by atoms with Gasteiger partial charge in [0.15, 0.2) is 11.8 Å². The summed E-state index contributed by atoms with van der Waals surface area (Å²) in [4.78, 5) is 41.1. The van der Waals surface area contributed by atoms with Gasteiger partial charge >= 0.3 is 5.97 Å². The van der Waals surface area contributed by atoms with Gasteiger partial charge in [0.2, 0.25) is 14.8 Å². The number of nitrogens with zero attached hydrogens (tertiary/aromatic N) is 1. The van der Waals surface area contributed by atoms with E-state index >= 15 is 0 Å². The van der Waals surface area contributed by atoms with Crippen molar-refractivity contribution in [2.75, 3.05) is 0 Å². The second kappa shape index (κ2) is 13.6. The zero-order chi connectivity index (χ0) is 31.1. The summed E-state index contributed by atoms with van der Waals surface area (Å²) in [5.41, 5.74) is 4.23. The van der Waals surface area contributed by atoms with Gasteiger partial charge in [0.25, 0.3) is 5.91 Å². The van der Waals surface area contributed by atoms with Crippen LogP contribution in [-0.2, 0) is 34.4 Å². The molecule has 44 heavy (non-hydrogen) atoms. The normalized spacial score (nSPS) is 16.0. The van der Waals surface area contributed by atoms with Crippen molar-refractivity contribution < 1.29 is 27.5 Å². The molecule has 4 aromatic rings. The number of esters is 1. The molecule has 4 aromatic carbocycles. The van der Waals surface area contributed by atoms with Gasteiger partial charge < -0.3 is 10.1 Å². The van der Waals surface area contributed by atoms with Crippen LogP contribution in [0.5, 0.6) is 0 Å². The molecule has 1 fully saturated rings. The van der Waals surface area contributed by atoms with Crippen LogP contribution in [0.3, 0.4) is 0 Å². The number of hydrogen-bond acceptors (Lipinski definition) is 7. The van der Waals surface area contributed by atoms with Crippen molar-refractivity contribution in [2.45, 2.75) is 28.8 Å². The topological polar surface area (TPSA) is 110 Å². The molecule has 0 radical (unpaired) electrons. The zero-order valence-electron chi connectivity index (χ0n) is 23.4. The quantitative estimate of drug-likeness (QED) is 0.0822. The first-order valence-electron chi connectivity index (χ1n) is 13.6. The molecule has 5 rings (SSSR count). The van der Waals surface area contributed by atoms with Crippen LogP contribution in [-0.4, -0.2) is 42.5 Å². The Labute approximate surface area is 259 Å². The summed E-state index contributed by atoms with van der Waals surface area (Å²) in [5.74, 6) is -2.09. The van der Waals surface area contributed by atoms with Gasteiger partial charge in [0.05, 0.1) is 11.3 Å². The molecule has 1 aliphatic heterocycles. The van der Waals surface area contributed by atoms with Crippen LogP contribution in [0, 0.1) is 0 Å². The van der Waals surface area contributed by atoms with Crippen molar-refractivity contribution in [3.63, 3.8) is 0 Å².